The number of aromatic nitrogens is 4. The van der Waals surface area contributed by atoms with Crippen LogP contribution < -0.4 is 15.6 Å². The molecular weight excluding hydrogens is 474 g/mol. The Hall–Kier alpha value is -4.11. The molecule has 0 saturated carbocycles. The van der Waals surface area contributed by atoms with Gasteiger partial charge in [0.25, 0.3) is 5.56 Å². The highest BCUT2D eigenvalue weighted by atomic mass is 32.2. The van der Waals surface area contributed by atoms with Crippen molar-refractivity contribution in [1.82, 2.24) is 19.2 Å². The van der Waals surface area contributed by atoms with Gasteiger partial charge in [-0.2, -0.15) is 0 Å². The van der Waals surface area contributed by atoms with Crippen LogP contribution in [0.4, 0.5) is 5.69 Å². The summed E-state index contributed by atoms with van der Waals surface area (Å²) < 4.78 is 8.90. The molecule has 1 unspecified atom stereocenters. The molecule has 0 aliphatic rings. The Bertz CT molecular complexity index is 1670. The molecule has 3 aromatic carbocycles. The molecule has 182 valence electrons. The second kappa shape index (κ2) is 9.50. The molecule has 9 heteroatoms. The average Bonchev–Trinajstić information content (AvgIpc) is 3.29. The summed E-state index contributed by atoms with van der Waals surface area (Å²) in [6, 6.07) is 20.6. The van der Waals surface area contributed by atoms with Gasteiger partial charge in [-0.25, -0.2) is 4.57 Å². The van der Waals surface area contributed by atoms with Crippen LogP contribution >= 0.6 is 11.8 Å². The van der Waals surface area contributed by atoms with Crippen LogP contribution in [-0.2, 0) is 4.79 Å². The summed E-state index contributed by atoms with van der Waals surface area (Å²) in [4.78, 5) is 26.6. The van der Waals surface area contributed by atoms with Crippen molar-refractivity contribution in [3.63, 3.8) is 0 Å². The van der Waals surface area contributed by atoms with Crippen molar-refractivity contribution in [2.45, 2.75) is 31.2 Å². The number of nitrogens with one attached hydrogen (secondary N) is 1. The van der Waals surface area contributed by atoms with Gasteiger partial charge in [0.05, 0.1) is 29.0 Å². The smallest absolute Gasteiger partial charge is 0.267 e. The van der Waals surface area contributed by atoms with Gasteiger partial charge in [-0.1, -0.05) is 48.2 Å². The minimum Gasteiger partial charge on any atom is -0.495 e. The van der Waals surface area contributed by atoms with Crippen molar-refractivity contribution < 1.29 is 9.53 Å². The van der Waals surface area contributed by atoms with Gasteiger partial charge >= 0.3 is 0 Å². The molecule has 5 aromatic rings. The van der Waals surface area contributed by atoms with Crippen LogP contribution in [0.25, 0.3) is 22.4 Å². The highest BCUT2D eigenvalue weighted by molar-refractivity contribution is 8.00. The number of methoxy groups -OCH3 is 1. The maximum Gasteiger partial charge on any atom is 0.267 e. The van der Waals surface area contributed by atoms with Crippen molar-refractivity contribution in [3.8, 4) is 11.4 Å². The van der Waals surface area contributed by atoms with Crippen LogP contribution in [0.1, 0.15) is 18.1 Å². The molecule has 0 aliphatic carbocycles. The number of thioether (sulfide) groups is 1. The average molecular weight is 500 g/mol. The molecule has 0 radical (unpaired) electrons. The Kier molecular flexibility index (Phi) is 6.24. The van der Waals surface area contributed by atoms with Gasteiger partial charge in [0.2, 0.25) is 11.7 Å². The first kappa shape index (κ1) is 23.6. The number of anilines is 1. The number of benzene rings is 3. The third kappa shape index (κ3) is 4.11. The highest BCUT2D eigenvalue weighted by Crippen LogP contribution is 2.29. The lowest BCUT2D eigenvalue weighted by Crippen LogP contribution is -2.24. The van der Waals surface area contributed by atoms with Gasteiger partial charge in [-0.05, 0) is 62.2 Å². The third-order valence-corrected chi connectivity index (χ3v) is 7.07. The van der Waals surface area contributed by atoms with Crippen molar-refractivity contribution in [2.75, 3.05) is 12.4 Å². The SMILES string of the molecule is COc1ccc(C)cc1-n1c(=O)c2ccccc2n2c(SC(C)C(=O)Nc3ccccc3C)nnc12. The number of nitrogens with zero attached hydrogens (tertiary/aromatic N) is 4. The molecular formula is C27H25N5O3S. The van der Waals surface area contributed by atoms with Crippen molar-refractivity contribution in [2.24, 2.45) is 0 Å². The zero-order valence-electron chi connectivity index (χ0n) is 20.4. The number of hydrogen-bond acceptors (Lipinski definition) is 6. The molecule has 0 saturated heterocycles. The molecule has 1 amide bonds. The fraction of sp³-hybridized carbons (Fsp3) is 0.185. The number of amides is 1. The van der Waals surface area contributed by atoms with E-state index >= 15 is 0 Å². The van der Waals surface area contributed by atoms with E-state index in [4.69, 9.17) is 4.74 Å². The largest absolute Gasteiger partial charge is 0.495 e. The third-order valence-electron chi connectivity index (χ3n) is 6.02. The molecule has 0 spiro atoms. The van der Waals surface area contributed by atoms with E-state index in [9.17, 15) is 9.59 Å². The molecule has 0 fully saturated rings. The maximum absolute atomic E-state index is 13.7. The second-order valence-electron chi connectivity index (χ2n) is 8.52. The van der Waals surface area contributed by atoms with Crippen LogP contribution in [0, 0.1) is 13.8 Å². The number of rotatable bonds is 6. The van der Waals surface area contributed by atoms with Crippen LogP contribution in [0.2, 0.25) is 0 Å². The van der Waals surface area contributed by atoms with E-state index in [0.29, 0.717) is 33.3 Å². The second-order valence-corrected chi connectivity index (χ2v) is 9.82. The van der Waals surface area contributed by atoms with Crippen molar-refractivity contribution >= 4 is 40.0 Å². The topological polar surface area (TPSA) is 90.5 Å². The lowest BCUT2D eigenvalue weighted by atomic mass is 10.2. The molecule has 0 aliphatic heterocycles. The highest BCUT2D eigenvalue weighted by Gasteiger charge is 2.23. The van der Waals surface area contributed by atoms with Gasteiger partial charge in [-0.15, -0.1) is 10.2 Å². The summed E-state index contributed by atoms with van der Waals surface area (Å²) in [5.41, 5.74) is 3.74. The Morgan fingerprint density at radius 2 is 1.78 bits per heavy atom. The predicted octanol–water partition coefficient (Wildman–Crippen LogP) is 4.78. The lowest BCUT2D eigenvalue weighted by Gasteiger charge is -2.15. The summed E-state index contributed by atoms with van der Waals surface area (Å²) in [6.45, 7) is 5.72. The van der Waals surface area contributed by atoms with E-state index in [-0.39, 0.29) is 11.5 Å². The van der Waals surface area contributed by atoms with Crippen LogP contribution in [0.15, 0.2) is 76.7 Å². The predicted molar refractivity (Wildman–Crippen MR) is 143 cm³/mol. The Morgan fingerprint density at radius 3 is 2.56 bits per heavy atom. The van der Waals surface area contributed by atoms with Gasteiger partial charge in [0.15, 0.2) is 5.16 Å². The maximum atomic E-state index is 13.7. The van der Waals surface area contributed by atoms with Gasteiger partial charge < -0.3 is 10.1 Å². The molecule has 2 aromatic heterocycles. The Morgan fingerprint density at radius 1 is 1.03 bits per heavy atom. The molecule has 1 N–H and O–H groups in total. The quantitative estimate of drug-likeness (QED) is 0.338. The summed E-state index contributed by atoms with van der Waals surface area (Å²) in [5.74, 6) is 0.740. The van der Waals surface area contributed by atoms with Gasteiger partial charge in [0.1, 0.15) is 5.75 Å². The van der Waals surface area contributed by atoms with Crippen molar-refractivity contribution in [1.29, 1.82) is 0 Å². The summed E-state index contributed by atoms with van der Waals surface area (Å²) >= 11 is 1.28. The number of ether oxygens (including phenoxy) is 1. The zero-order chi connectivity index (χ0) is 25.4. The van der Waals surface area contributed by atoms with E-state index in [1.54, 1.807) is 13.2 Å². The summed E-state index contributed by atoms with van der Waals surface area (Å²) in [5, 5.41) is 12.3. The normalized spacial score (nSPS) is 12.1. The van der Waals surface area contributed by atoms with Gasteiger partial charge in [0, 0.05) is 5.69 Å². The molecule has 36 heavy (non-hydrogen) atoms. The number of fused-ring (bicyclic) bond motifs is 3. The van der Waals surface area contributed by atoms with Crippen LogP contribution in [-0.4, -0.2) is 37.4 Å². The van der Waals surface area contributed by atoms with E-state index in [1.165, 1.54) is 16.3 Å². The standard InChI is InChI=1S/C27H25N5O3S/c1-16-13-14-23(35-4)22(15-16)31-25(34)19-10-6-8-12-21(19)32-26(31)29-30-27(32)36-18(3)24(33)28-20-11-7-5-9-17(20)2/h5-15,18H,1-4H3,(H,28,33). The first-order valence-corrected chi connectivity index (χ1v) is 12.3. The Labute approximate surface area is 211 Å². The summed E-state index contributed by atoms with van der Waals surface area (Å²) in [7, 11) is 1.57. The first-order chi connectivity index (χ1) is 17.4. The van der Waals surface area contributed by atoms with E-state index in [2.05, 4.69) is 15.5 Å². The van der Waals surface area contributed by atoms with E-state index < -0.39 is 5.25 Å². The molecule has 2 heterocycles. The van der Waals surface area contributed by atoms with Crippen LogP contribution in [0.3, 0.4) is 0 Å². The molecule has 0 bridgehead atoms. The zero-order valence-corrected chi connectivity index (χ0v) is 21.2. The number of carbonyl (C=O) groups excluding carboxylic acids is 1. The van der Waals surface area contributed by atoms with Crippen molar-refractivity contribution in [3.05, 3.63) is 88.2 Å². The fourth-order valence-electron chi connectivity index (χ4n) is 4.11. The van der Waals surface area contributed by atoms with E-state index in [0.717, 1.165) is 16.8 Å². The molecule has 5 rings (SSSR count). The lowest BCUT2D eigenvalue weighted by molar-refractivity contribution is -0.115. The molecule has 1 atom stereocenters. The number of hydrogen-bond donors (Lipinski definition) is 1. The summed E-state index contributed by atoms with van der Waals surface area (Å²) in [6.07, 6.45) is 0. The Balaban J connectivity index is 1.63. The minimum atomic E-state index is -0.468. The fourth-order valence-corrected chi connectivity index (χ4v) is 4.96. The number of para-hydroxylation sites is 2. The van der Waals surface area contributed by atoms with Crippen LogP contribution in [0.5, 0.6) is 5.75 Å². The van der Waals surface area contributed by atoms with Gasteiger partial charge in [-0.3, -0.25) is 14.0 Å². The number of carbonyl (C=O) groups is 1. The number of aryl methyl sites for hydroxylation is 2. The molecule has 8 nitrogen and oxygen atoms in total. The minimum absolute atomic E-state index is 0.149. The van der Waals surface area contributed by atoms with E-state index in [1.807, 2.05) is 85.8 Å². The monoisotopic (exact) mass is 499 g/mol. The first-order valence-electron chi connectivity index (χ1n) is 11.5.